The molecule has 5 heteroatoms. The molecule has 0 saturated heterocycles. The fourth-order valence-corrected chi connectivity index (χ4v) is 2.09. The van der Waals surface area contributed by atoms with Gasteiger partial charge in [0, 0.05) is 10.7 Å². The number of hydrogen-bond donors (Lipinski definition) is 1. The molecular formula is C17H16ClNO3. The maximum atomic E-state index is 11.9. The van der Waals surface area contributed by atoms with Crippen LogP contribution in [0.15, 0.2) is 55.1 Å². The van der Waals surface area contributed by atoms with Gasteiger partial charge in [-0.25, -0.2) is 4.79 Å². The van der Waals surface area contributed by atoms with E-state index in [0.29, 0.717) is 28.6 Å². The molecule has 0 atom stereocenters. The highest BCUT2D eigenvalue weighted by atomic mass is 35.5. The van der Waals surface area contributed by atoms with Gasteiger partial charge in [0.05, 0.1) is 7.11 Å². The maximum Gasteiger partial charge on any atom is 0.417 e. The third kappa shape index (κ3) is 4.27. The quantitative estimate of drug-likeness (QED) is 0.814. The molecule has 0 aliphatic carbocycles. The third-order valence-corrected chi connectivity index (χ3v) is 3.12. The first-order valence-corrected chi connectivity index (χ1v) is 7.02. The SMILES string of the molecule is C=CCc1ccc(OC(=O)Nc2cccc(Cl)c2)c(OC)c1. The number of allylic oxidation sites excluding steroid dienone is 1. The molecule has 0 aliphatic heterocycles. The molecule has 0 fully saturated rings. The van der Waals surface area contributed by atoms with Crippen LogP contribution in [0.1, 0.15) is 5.56 Å². The lowest BCUT2D eigenvalue weighted by Gasteiger charge is -2.11. The Bertz CT molecular complexity index is 685. The van der Waals surface area contributed by atoms with Crippen molar-refractivity contribution >= 4 is 23.4 Å². The topological polar surface area (TPSA) is 47.6 Å². The Morgan fingerprint density at radius 1 is 1.27 bits per heavy atom. The predicted molar refractivity (Wildman–Crippen MR) is 88.0 cm³/mol. The molecule has 0 bridgehead atoms. The average Bonchev–Trinajstić information content (AvgIpc) is 2.49. The van der Waals surface area contributed by atoms with E-state index in [1.54, 1.807) is 36.4 Å². The fraction of sp³-hybridized carbons (Fsp3) is 0.118. The first-order valence-electron chi connectivity index (χ1n) is 6.64. The van der Waals surface area contributed by atoms with E-state index in [1.165, 1.54) is 7.11 Å². The first kappa shape index (κ1) is 15.9. The van der Waals surface area contributed by atoms with Crippen LogP contribution in [0, 0.1) is 0 Å². The van der Waals surface area contributed by atoms with Crippen LogP contribution >= 0.6 is 11.6 Å². The predicted octanol–water partition coefficient (Wildman–Crippen LogP) is 4.69. The van der Waals surface area contributed by atoms with Crippen LogP contribution < -0.4 is 14.8 Å². The van der Waals surface area contributed by atoms with E-state index < -0.39 is 6.09 Å². The van der Waals surface area contributed by atoms with Gasteiger partial charge in [-0.1, -0.05) is 29.8 Å². The molecule has 0 radical (unpaired) electrons. The van der Waals surface area contributed by atoms with Crippen molar-refractivity contribution in [1.29, 1.82) is 0 Å². The third-order valence-electron chi connectivity index (χ3n) is 2.88. The van der Waals surface area contributed by atoms with Gasteiger partial charge < -0.3 is 9.47 Å². The molecule has 0 heterocycles. The number of ether oxygens (including phenoxy) is 2. The molecule has 114 valence electrons. The van der Waals surface area contributed by atoms with E-state index >= 15 is 0 Å². The first-order chi connectivity index (χ1) is 10.6. The highest BCUT2D eigenvalue weighted by Gasteiger charge is 2.11. The van der Waals surface area contributed by atoms with Gasteiger partial charge in [0.2, 0.25) is 0 Å². The summed E-state index contributed by atoms with van der Waals surface area (Å²) in [5.41, 5.74) is 1.58. The minimum Gasteiger partial charge on any atom is -0.493 e. The Balaban J connectivity index is 2.09. The second-order valence-electron chi connectivity index (χ2n) is 4.50. The van der Waals surface area contributed by atoms with Gasteiger partial charge in [0.25, 0.3) is 0 Å². The number of halogens is 1. The number of carbonyl (C=O) groups excluding carboxylic acids is 1. The average molecular weight is 318 g/mol. The number of methoxy groups -OCH3 is 1. The van der Waals surface area contributed by atoms with Crippen LogP contribution in [-0.2, 0) is 6.42 Å². The summed E-state index contributed by atoms with van der Waals surface area (Å²) in [6.07, 6.45) is 1.89. The van der Waals surface area contributed by atoms with Gasteiger partial charge in [0.15, 0.2) is 11.5 Å². The Kier molecular flexibility index (Phi) is 5.44. The van der Waals surface area contributed by atoms with Crippen LogP contribution in [0.4, 0.5) is 10.5 Å². The number of carbonyl (C=O) groups is 1. The van der Waals surface area contributed by atoms with E-state index in [9.17, 15) is 4.79 Å². The van der Waals surface area contributed by atoms with Gasteiger partial charge in [0.1, 0.15) is 0 Å². The van der Waals surface area contributed by atoms with Gasteiger partial charge in [-0.15, -0.1) is 6.58 Å². The zero-order chi connectivity index (χ0) is 15.9. The lowest BCUT2D eigenvalue weighted by atomic mass is 10.1. The fourth-order valence-electron chi connectivity index (χ4n) is 1.90. The highest BCUT2D eigenvalue weighted by Crippen LogP contribution is 2.28. The molecule has 0 spiro atoms. The number of rotatable bonds is 5. The van der Waals surface area contributed by atoms with E-state index in [4.69, 9.17) is 21.1 Å². The van der Waals surface area contributed by atoms with Crippen molar-refractivity contribution in [3.05, 3.63) is 65.7 Å². The summed E-state index contributed by atoms with van der Waals surface area (Å²) in [6.45, 7) is 3.69. The number of anilines is 1. The highest BCUT2D eigenvalue weighted by molar-refractivity contribution is 6.30. The standard InChI is InChI=1S/C17H16ClNO3/c1-3-5-12-8-9-15(16(10-12)21-2)22-17(20)19-14-7-4-6-13(18)11-14/h3-4,6-11H,1,5H2,2H3,(H,19,20). The summed E-state index contributed by atoms with van der Waals surface area (Å²) < 4.78 is 10.5. The van der Waals surface area contributed by atoms with Crippen LogP contribution in [0.5, 0.6) is 11.5 Å². The zero-order valence-electron chi connectivity index (χ0n) is 12.1. The van der Waals surface area contributed by atoms with Crippen molar-refractivity contribution in [2.75, 3.05) is 12.4 Å². The molecule has 2 aromatic carbocycles. The van der Waals surface area contributed by atoms with Gasteiger partial charge in [-0.3, -0.25) is 5.32 Å². The normalized spacial score (nSPS) is 9.91. The smallest absolute Gasteiger partial charge is 0.417 e. The van der Waals surface area contributed by atoms with Crippen molar-refractivity contribution in [2.24, 2.45) is 0 Å². The molecule has 22 heavy (non-hydrogen) atoms. The number of nitrogens with one attached hydrogen (secondary N) is 1. The summed E-state index contributed by atoms with van der Waals surface area (Å²) in [6, 6.07) is 12.2. The molecule has 2 rings (SSSR count). The second kappa shape index (κ2) is 7.52. The number of amides is 1. The van der Waals surface area contributed by atoms with E-state index in [-0.39, 0.29) is 0 Å². The Hall–Kier alpha value is -2.46. The van der Waals surface area contributed by atoms with Gasteiger partial charge in [-0.2, -0.15) is 0 Å². The van der Waals surface area contributed by atoms with Crippen LogP contribution in [0.25, 0.3) is 0 Å². The second-order valence-corrected chi connectivity index (χ2v) is 4.94. The summed E-state index contributed by atoms with van der Waals surface area (Å²) in [7, 11) is 1.52. The van der Waals surface area contributed by atoms with E-state index in [1.807, 2.05) is 12.1 Å². The number of benzene rings is 2. The molecule has 0 unspecified atom stereocenters. The Morgan fingerprint density at radius 2 is 2.09 bits per heavy atom. The van der Waals surface area contributed by atoms with Crippen LogP contribution in [0.2, 0.25) is 5.02 Å². The van der Waals surface area contributed by atoms with Crippen LogP contribution in [-0.4, -0.2) is 13.2 Å². The zero-order valence-corrected chi connectivity index (χ0v) is 12.9. The monoisotopic (exact) mass is 317 g/mol. The Labute approximate surface area is 134 Å². The molecule has 0 saturated carbocycles. The van der Waals surface area contributed by atoms with Crippen molar-refractivity contribution in [3.63, 3.8) is 0 Å². The van der Waals surface area contributed by atoms with Crippen molar-refractivity contribution < 1.29 is 14.3 Å². The molecule has 2 aromatic rings. The minimum absolute atomic E-state index is 0.342. The lowest BCUT2D eigenvalue weighted by Crippen LogP contribution is -2.17. The van der Waals surface area contributed by atoms with Gasteiger partial charge >= 0.3 is 6.09 Å². The number of hydrogen-bond acceptors (Lipinski definition) is 3. The van der Waals surface area contributed by atoms with Gasteiger partial charge in [-0.05, 0) is 42.3 Å². The van der Waals surface area contributed by atoms with E-state index in [2.05, 4.69) is 11.9 Å². The Morgan fingerprint density at radius 3 is 2.77 bits per heavy atom. The molecule has 4 nitrogen and oxygen atoms in total. The largest absolute Gasteiger partial charge is 0.493 e. The summed E-state index contributed by atoms with van der Waals surface area (Å²) in [4.78, 5) is 11.9. The summed E-state index contributed by atoms with van der Waals surface area (Å²) >= 11 is 5.86. The van der Waals surface area contributed by atoms with Crippen molar-refractivity contribution in [1.82, 2.24) is 0 Å². The minimum atomic E-state index is -0.614. The maximum absolute atomic E-state index is 11.9. The molecule has 1 amide bonds. The molecule has 1 N–H and O–H groups in total. The lowest BCUT2D eigenvalue weighted by molar-refractivity contribution is 0.213. The van der Waals surface area contributed by atoms with Crippen molar-refractivity contribution in [2.45, 2.75) is 6.42 Å². The summed E-state index contributed by atoms with van der Waals surface area (Å²) in [5, 5.41) is 3.14. The molecular weight excluding hydrogens is 302 g/mol. The van der Waals surface area contributed by atoms with Crippen LogP contribution in [0.3, 0.4) is 0 Å². The summed E-state index contributed by atoms with van der Waals surface area (Å²) in [5.74, 6) is 0.829. The molecule has 0 aromatic heterocycles. The van der Waals surface area contributed by atoms with E-state index in [0.717, 1.165) is 5.56 Å². The van der Waals surface area contributed by atoms with Crippen molar-refractivity contribution in [3.8, 4) is 11.5 Å². The molecule has 0 aliphatic rings.